The second-order valence-electron chi connectivity index (χ2n) is 5.38. The molecule has 4 heteroatoms. The Bertz CT molecular complexity index is 405. The average Bonchev–Trinajstić information content (AvgIpc) is 2.42. The first kappa shape index (κ1) is 16.5. The van der Waals surface area contributed by atoms with E-state index in [0.717, 1.165) is 30.7 Å². The number of amides is 1. The van der Waals surface area contributed by atoms with Gasteiger partial charge in [0.2, 0.25) is 5.91 Å². The molecule has 112 valence electrons. The smallest absolute Gasteiger partial charge is 0.224 e. The highest BCUT2D eigenvalue weighted by Crippen LogP contribution is 2.18. The van der Waals surface area contributed by atoms with E-state index < -0.39 is 0 Å². The van der Waals surface area contributed by atoms with Crippen molar-refractivity contribution in [2.45, 2.75) is 39.5 Å². The lowest BCUT2D eigenvalue weighted by Crippen LogP contribution is -2.11. The summed E-state index contributed by atoms with van der Waals surface area (Å²) in [5.74, 6) is 1.32. The molecule has 1 rings (SSSR count). The van der Waals surface area contributed by atoms with Crippen molar-refractivity contribution in [3.8, 4) is 5.75 Å². The number of unbranched alkanes of at least 4 members (excludes halogenated alkanes) is 2. The second kappa shape index (κ2) is 9.37. The molecule has 0 atom stereocenters. The largest absolute Gasteiger partial charge is 0.493 e. The second-order valence-corrected chi connectivity index (χ2v) is 5.38. The van der Waals surface area contributed by atoms with Gasteiger partial charge in [-0.1, -0.05) is 26.3 Å². The quantitative estimate of drug-likeness (QED) is 0.682. The molecule has 3 N–H and O–H groups in total. The third-order valence-corrected chi connectivity index (χ3v) is 2.81. The molecule has 0 saturated heterocycles. The van der Waals surface area contributed by atoms with Crippen molar-refractivity contribution >= 4 is 11.6 Å². The van der Waals surface area contributed by atoms with E-state index in [4.69, 9.17) is 10.5 Å². The van der Waals surface area contributed by atoms with Crippen molar-refractivity contribution in [3.05, 3.63) is 24.3 Å². The van der Waals surface area contributed by atoms with Crippen LogP contribution in [0, 0.1) is 5.92 Å². The maximum Gasteiger partial charge on any atom is 0.224 e. The van der Waals surface area contributed by atoms with Gasteiger partial charge in [0.05, 0.1) is 6.61 Å². The topological polar surface area (TPSA) is 64.3 Å². The first-order valence-corrected chi connectivity index (χ1v) is 7.34. The molecule has 4 nitrogen and oxygen atoms in total. The van der Waals surface area contributed by atoms with Crippen LogP contribution >= 0.6 is 0 Å². The van der Waals surface area contributed by atoms with Crippen molar-refractivity contribution in [3.63, 3.8) is 0 Å². The Morgan fingerprint density at radius 3 is 2.80 bits per heavy atom. The number of nitrogens with one attached hydrogen (secondary N) is 1. The SMILES string of the molecule is CC(C)COc1cccc(NC(=O)CCCCCN)c1. The van der Waals surface area contributed by atoms with Crippen molar-refractivity contribution in [2.24, 2.45) is 11.7 Å². The molecular formula is C16H26N2O2. The van der Waals surface area contributed by atoms with Gasteiger partial charge in [-0.05, 0) is 37.4 Å². The number of nitrogens with two attached hydrogens (primary N) is 1. The fourth-order valence-electron chi connectivity index (χ4n) is 1.76. The summed E-state index contributed by atoms with van der Waals surface area (Å²) in [6.45, 7) is 5.58. The Morgan fingerprint density at radius 1 is 1.30 bits per heavy atom. The van der Waals surface area contributed by atoms with Crippen molar-refractivity contribution in [1.82, 2.24) is 0 Å². The maximum absolute atomic E-state index is 11.8. The summed E-state index contributed by atoms with van der Waals surface area (Å²) in [5, 5.41) is 2.90. The number of hydrogen-bond acceptors (Lipinski definition) is 3. The number of carbonyl (C=O) groups excluding carboxylic acids is 1. The van der Waals surface area contributed by atoms with Crippen molar-refractivity contribution < 1.29 is 9.53 Å². The normalized spacial score (nSPS) is 10.6. The fraction of sp³-hybridized carbons (Fsp3) is 0.562. The Hall–Kier alpha value is -1.55. The summed E-state index contributed by atoms with van der Waals surface area (Å²) in [4.78, 5) is 11.8. The summed E-state index contributed by atoms with van der Waals surface area (Å²) in [6, 6.07) is 7.53. The number of hydrogen-bond donors (Lipinski definition) is 2. The standard InChI is InChI=1S/C16H26N2O2/c1-13(2)12-20-15-8-6-7-14(11-15)18-16(19)9-4-3-5-10-17/h6-8,11,13H,3-5,9-10,12,17H2,1-2H3,(H,18,19). The first-order chi connectivity index (χ1) is 9.61. The molecule has 0 aliphatic carbocycles. The van der Waals surface area contributed by atoms with Crippen LogP contribution in [0.1, 0.15) is 39.5 Å². The molecule has 0 unspecified atom stereocenters. The average molecular weight is 278 g/mol. The lowest BCUT2D eigenvalue weighted by atomic mass is 10.2. The summed E-state index contributed by atoms with van der Waals surface area (Å²) in [7, 11) is 0. The molecule has 1 amide bonds. The van der Waals surface area contributed by atoms with E-state index in [0.29, 0.717) is 25.5 Å². The van der Waals surface area contributed by atoms with Crippen LogP contribution in [0.2, 0.25) is 0 Å². The first-order valence-electron chi connectivity index (χ1n) is 7.34. The molecule has 0 fully saturated rings. The Morgan fingerprint density at radius 2 is 2.10 bits per heavy atom. The zero-order valence-corrected chi connectivity index (χ0v) is 12.5. The monoisotopic (exact) mass is 278 g/mol. The summed E-state index contributed by atoms with van der Waals surface area (Å²) in [6.07, 6.45) is 3.40. The van der Waals surface area contributed by atoms with Crippen LogP contribution in [0.4, 0.5) is 5.69 Å². The van der Waals surface area contributed by atoms with E-state index in [1.54, 1.807) is 0 Å². The summed E-state index contributed by atoms with van der Waals surface area (Å²) in [5.41, 5.74) is 6.21. The van der Waals surface area contributed by atoms with Gasteiger partial charge in [-0.3, -0.25) is 4.79 Å². The minimum Gasteiger partial charge on any atom is -0.493 e. The predicted octanol–water partition coefficient (Wildman–Crippen LogP) is 3.18. The molecule has 0 aliphatic heterocycles. The Kier molecular flexibility index (Phi) is 7.73. The Balaban J connectivity index is 2.39. The lowest BCUT2D eigenvalue weighted by Gasteiger charge is -2.10. The summed E-state index contributed by atoms with van der Waals surface area (Å²) < 4.78 is 5.64. The van der Waals surface area contributed by atoms with Crippen molar-refractivity contribution in [2.75, 3.05) is 18.5 Å². The molecule has 0 radical (unpaired) electrons. The third kappa shape index (κ3) is 7.14. The van der Waals surface area contributed by atoms with Gasteiger partial charge >= 0.3 is 0 Å². The molecule has 0 aromatic heterocycles. The van der Waals surface area contributed by atoms with E-state index in [-0.39, 0.29) is 5.91 Å². The number of carbonyl (C=O) groups is 1. The molecule has 0 aliphatic rings. The van der Waals surface area contributed by atoms with Gasteiger partial charge in [0.1, 0.15) is 5.75 Å². The molecule has 0 spiro atoms. The zero-order chi connectivity index (χ0) is 14.8. The highest BCUT2D eigenvalue weighted by Gasteiger charge is 2.04. The number of anilines is 1. The van der Waals surface area contributed by atoms with Crippen LogP contribution in [0.25, 0.3) is 0 Å². The predicted molar refractivity (Wildman–Crippen MR) is 82.9 cm³/mol. The van der Waals surface area contributed by atoms with E-state index in [1.165, 1.54) is 0 Å². The van der Waals surface area contributed by atoms with E-state index in [9.17, 15) is 4.79 Å². The number of benzene rings is 1. The van der Waals surface area contributed by atoms with Crippen LogP contribution in [0.15, 0.2) is 24.3 Å². The van der Waals surface area contributed by atoms with Gasteiger partial charge in [0, 0.05) is 18.2 Å². The molecular weight excluding hydrogens is 252 g/mol. The van der Waals surface area contributed by atoms with Crippen LogP contribution in [0.5, 0.6) is 5.75 Å². The number of rotatable bonds is 9. The van der Waals surface area contributed by atoms with Gasteiger partial charge in [-0.15, -0.1) is 0 Å². The van der Waals surface area contributed by atoms with Gasteiger partial charge < -0.3 is 15.8 Å². The van der Waals surface area contributed by atoms with Gasteiger partial charge in [0.15, 0.2) is 0 Å². The Labute approximate surface area is 121 Å². The number of ether oxygens (including phenoxy) is 1. The minimum absolute atomic E-state index is 0.0445. The molecule has 0 heterocycles. The van der Waals surface area contributed by atoms with Crippen LogP contribution in [0.3, 0.4) is 0 Å². The minimum atomic E-state index is 0.0445. The molecule has 20 heavy (non-hydrogen) atoms. The fourth-order valence-corrected chi connectivity index (χ4v) is 1.76. The molecule has 0 bridgehead atoms. The van der Waals surface area contributed by atoms with Crippen molar-refractivity contribution in [1.29, 1.82) is 0 Å². The van der Waals surface area contributed by atoms with Gasteiger partial charge in [-0.2, -0.15) is 0 Å². The van der Waals surface area contributed by atoms with Gasteiger partial charge in [0.25, 0.3) is 0 Å². The van der Waals surface area contributed by atoms with E-state index in [2.05, 4.69) is 19.2 Å². The van der Waals surface area contributed by atoms with Crippen LogP contribution in [-0.2, 0) is 4.79 Å². The molecule has 0 saturated carbocycles. The molecule has 1 aromatic carbocycles. The highest BCUT2D eigenvalue weighted by molar-refractivity contribution is 5.90. The highest BCUT2D eigenvalue weighted by atomic mass is 16.5. The molecule has 1 aromatic rings. The van der Waals surface area contributed by atoms with E-state index in [1.807, 2.05) is 24.3 Å². The van der Waals surface area contributed by atoms with Crippen LogP contribution < -0.4 is 15.8 Å². The van der Waals surface area contributed by atoms with Gasteiger partial charge in [-0.25, -0.2) is 0 Å². The van der Waals surface area contributed by atoms with Crippen LogP contribution in [-0.4, -0.2) is 19.1 Å². The van der Waals surface area contributed by atoms with E-state index >= 15 is 0 Å². The maximum atomic E-state index is 11.8. The summed E-state index contributed by atoms with van der Waals surface area (Å²) >= 11 is 0. The third-order valence-electron chi connectivity index (χ3n) is 2.81. The lowest BCUT2D eigenvalue weighted by molar-refractivity contribution is -0.116. The zero-order valence-electron chi connectivity index (χ0n) is 12.5.